The predicted octanol–water partition coefficient (Wildman–Crippen LogP) is 2.48. The van der Waals surface area contributed by atoms with Crippen molar-refractivity contribution in [2.45, 2.75) is 44.6 Å². The smallest absolute Gasteiger partial charge is 0.251 e. The highest BCUT2D eigenvalue weighted by atomic mass is 16.2. The number of aliphatic hydroxyl groups is 1. The molecule has 20 heavy (non-hydrogen) atoms. The number of carbonyl (C=O) groups is 1. The summed E-state index contributed by atoms with van der Waals surface area (Å²) < 4.78 is 0. The third kappa shape index (κ3) is 3.85. The van der Waals surface area contributed by atoms with Crippen LogP contribution in [0.15, 0.2) is 24.3 Å². The van der Waals surface area contributed by atoms with E-state index in [0.29, 0.717) is 12.0 Å². The van der Waals surface area contributed by atoms with E-state index in [1.54, 1.807) is 6.07 Å². The number of hydrogen-bond donors (Lipinski definition) is 2. The fourth-order valence-corrected chi connectivity index (χ4v) is 2.59. The summed E-state index contributed by atoms with van der Waals surface area (Å²) in [5.41, 5.74) is 1.40. The second-order valence-corrected chi connectivity index (χ2v) is 5.58. The van der Waals surface area contributed by atoms with E-state index >= 15 is 0 Å². The summed E-state index contributed by atoms with van der Waals surface area (Å²) in [6, 6.07) is 7.33. The number of benzene rings is 1. The number of carbonyl (C=O) groups excluding carboxylic acids is 1. The molecule has 0 saturated heterocycles. The molecule has 1 saturated carbocycles. The molecule has 0 radical (unpaired) electrons. The van der Waals surface area contributed by atoms with E-state index in [2.05, 4.69) is 24.1 Å². The fourth-order valence-electron chi connectivity index (χ4n) is 2.59. The van der Waals surface area contributed by atoms with E-state index in [1.807, 2.05) is 18.2 Å². The zero-order valence-electron chi connectivity index (χ0n) is 11.9. The first-order valence-electron chi connectivity index (χ1n) is 7.15. The summed E-state index contributed by atoms with van der Waals surface area (Å²) in [6.45, 7) is 2.17. The Labute approximate surface area is 120 Å². The van der Waals surface area contributed by atoms with Gasteiger partial charge in [-0.1, -0.05) is 30.7 Å². The molecule has 2 N–H and O–H groups in total. The minimum atomic E-state index is -0.0599. The van der Waals surface area contributed by atoms with Gasteiger partial charge in [0.15, 0.2) is 0 Å². The molecule has 0 bridgehead atoms. The van der Waals surface area contributed by atoms with Gasteiger partial charge >= 0.3 is 0 Å². The Morgan fingerprint density at radius 1 is 1.40 bits per heavy atom. The van der Waals surface area contributed by atoms with E-state index < -0.39 is 0 Å². The number of amides is 1. The van der Waals surface area contributed by atoms with Crippen LogP contribution in [0.2, 0.25) is 0 Å². The van der Waals surface area contributed by atoms with Crippen molar-refractivity contribution >= 4 is 5.91 Å². The van der Waals surface area contributed by atoms with Crippen LogP contribution in [-0.4, -0.2) is 23.2 Å². The highest BCUT2D eigenvalue weighted by Crippen LogP contribution is 2.29. The Morgan fingerprint density at radius 3 is 2.85 bits per heavy atom. The topological polar surface area (TPSA) is 49.3 Å². The zero-order valence-corrected chi connectivity index (χ0v) is 11.9. The summed E-state index contributed by atoms with van der Waals surface area (Å²) >= 11 is 0. The van der Waals surface area contributed by atoms with Gasteiger partial charge in [0.2, 0.25) is 0 Å². The normalized spacial score (nSPS) is 16.3. The Bertz CT molecular complexity index is 533. The van der Waals surface area contributed by atoms with E-state index in [4.69, 9.17) is 5.11 Å². The Balaban J connectivity index is 2.07. The third-order valence-electron chi connectivity index (χ3n) is 3.72. The maximum atomic E-state index is 12.3. The predicted molar refractivity (Wildman–Crippen MR) is 79.4 cm³/mol. The van der Waals surface area contributed by atoms with Crippen LogP contribution < -0.4 is 5.32 Å². The molecule has 0 aromatic heterocycles. The number of aliphatic hydroxyl groups excluding tert-OH is 1. The molecule has 0 unspecified atom stereocenters. The lowest BCUT2D eigenvalue weighted by molar-refractivity contribution is 0.0908. The molecule has 1 aliphatic rings. The van der Waals surface area contributed by atoms with Crippen molar-refractivity contribution in [3.8, 4) is 11.8 Å². The van der Waals surface area contributed by atoms with Gasteiger partial charge in [-0.2, -0.15) is 0 Å². The molecule has 0 spiro atoms. The van der Waals surface area contributed by atoms with Crippen LogP contribution in [0.3, 0.4) is 0 Å². The molecule has 1 aromatic carbocycles. The maximum absolute atomic E-state index is 12.3. The molecule has 1 aliphatic carbocycles. The number of hydrogen-bond acceptors (Lipinski definition) is 2. The molecule has 1 amide bonds. The van der Waals surface area contributed by atoms with Gasteiger partial charge in [-0.3, -0.25) is 4.79 Å². The molecule has 3 nitrogen and oxygen atoms in total. The van der Waals surface area contributed by atoms with Crippen molar-refractivity contribution in [1.29, 1.82) is 0 Å². The van der Waals surface area contributed by atoms with Crippen molar-refractivity contribution in [2.24, 2.45) is 0 Å². The van der Waals surface area contributed by atoms with Crippen molar-refractivity contribution in [1.82, 2.24) is 5.32 Å². The molecular formula is C17H21NO2. The van der Waals surface area contributed by atoms with Gasteiger partial charge in [0.1, 0.15) is 0 Å². The highest BCUT2D eigenvalue weighted by Gasteiger charge is 2.30. The Hall–Kier alpha value is -1.79. The van der Waals surface area contributed by atoms with E-state index in [1.165, 1.54) is 12.8 Å². The van der Waals surface area contributed by atoms with E-state index in [-0.39, 0.29) is 18.1 Å². The fraction of sp³-hybridized carbons (Fsp3) is 0.471. The lowest BCUT2D eigenvalue weighted by Crippen LogP contribution is -2.43. The van der Waals surface area contributed by atoms with Gasteiger partial charge in [0.25, 0.3) is 5.91 Å². The van der Waals surface area contributed by atoms with Crippen LogP contribution in [0.4, 0.5) is 0 Å². The monoisotopic (exact) mass is 271 g/mol. The van der Waals surface area contributed by atoms with E-state index in [0.717, 1.165) is 18.4 Å². The Morgan fingerprint density at radius 2 is 2.15 bits per heavy atom. The largest absolute Gasteiger partial charge is 0.395 e. The number of rotatable bonds is 3. The summed E-state index contributed by atoms with van der Waals surface area (Å²) in [4.78, 5) is 12.3. The standard InChI is InChI=1S/C17H21NO2/c1-17(10-3-4-11-17)18-16(20)15-9-6-8-14(13-15)7-2-5-12-19/h6,8-9,13,19H,3-5,10-12H2,1H3,(H,18,20). The molecule has 3 heteroatoms. The van der Waals surface area contributed by atoms with Gasteiger partial charge in [-0.05, 0) is 38.0 Å². The molecule has 0 atom stereocenters. The van der Waals surface area contributed by atoms with Crippen molar-refractivity contribution in [3.05, 3.63) is 35.4 Å². The molecule has 0 heterocycles. The van der Waals surface area contributed by atoms with Crippen LogP contribution in [-0.2, 0) is 0 Å². The quantitative estimate of drug-likeness (QED) is 0.830. The minimum absolute atomic E-state index is 0.0276. The highest BCUT2D eigenvalue weighted by molar-refractivity contribution is 5.95. The van der Waals surface area contributed by atoms with Gasteiger partial charge < -0.3 is 10.4 Å². The summed E-state index contributed by atoms with van der Waals surface area (Å²) in [7, 11) is 0. The van der Waals surface area contributed by atoms with Crippen LogP contribution in [0, 0.1) is 11.8 Å². The van der Waals surface area contributed by atoms with Gasteiger partial charge in [-0.15, -0.1) is 0 Å². The molecular weight excluding hydrogens is 250 g/mol. The van der Waals surface area contributed by atoms with Gasteiger partial charge in [-0.25, -0.2) is 0 Å². The average Bonchev–Trinajstić information content (AvgIpc) is 2.86. The van der Waals surface area contributed by atoms with Crippen LogP contribution in [0.1, 0.15) is 54.9 Å². The van der Waals surface area contributed by atoms with Crippen LogP contribution in [0.25, 0.3) is 0 Å². The Kier molecular flexibility index (Phi) is 4.81. The first-order chi connectivity index (χ1) is 9.63. The average molecular weight is 271 g/mol. The van der Waals surface area contributed by atoms with Gasteiger partial charge in [0, 0.05) is 23.1 Å². The van der Waals surface area contributed by atoms with Crippen molar-refractivity contribution < 1.29 is 9.90 Å². The summed E-state index contributed by atoms with van der Waals surface area (Å²) in [5, 5.41) is 11.8. The number of nitrogens with one attached hydrogen (secondary N) is 1. The maximum Gasteiger partial charge on any atom is 0.251 e. The minimum Gasteiger partial charge on any atom is -0.395 e. The van der Waals surface area contributed by atoms with Crippen LogP contribution >= 0.6 is 0 Å². The second-order valence-electron chi connectivity index (χ2n) is 5.58. The SMILES string of the molecule is CC1(NC(=O)c2cccc(C#CCCO)c2)CCCC1. The first kappa shape index (κ1) is 14.6. The van der Waals surface area contributed by atoms with Crippen LogP contribution in [0.5, 0.6) is 0 Å². The molecule has 1 aromatic rings. The summed E-state index contributed by atoms with van der Waals surface area (Å²) in [6.07, 6.45) is 4.92. The lowest BCUT2D eigenvalue weighted by Gasteiger charge is -2.25. The molecule has 1 fully saturated rings. The van der Waals surface area contributed by atoms with Crippen molar-refractivity contribution in [3.63, 3.8) is 0 Å². The second kappa shape index (κ2) is 6.58. The molecule has 106 valence electrons. The zero-order chi connectivity index (χ0) is 14.4. The molecule has 2 rings (SSSR count). The third-order valence-corrected chi connectivity index (χ3v) is 3.72. The molecule has 0 aliphatic heterocycles. The van der Waals surface area contributed by atoms with Gasteiger partial charge in [0.05, 0.1) is 6.61 Å². The lowest BCUT2D eigenvalue weighted by atomic mass is 9.99. The summed E-state index contributed by atoms with van der Waals surface area (Å²) in [5.74, 6) is 5.79. The first-order valence-corrected chi connectivity index (χ1v) is 7.15. The van der Waals surface area contributed by atoms with E-state index in [9.17, 15) is 4.79 Å². The van der Waals surface area contributed by atoms with Crippen molar-refractivity contribution in [2.75, 3.05) is 6.61 Å².